The predicted molar refractivity (Wildman–Crippen MR) is 97.0 cm³/mol. The van der Waals surface area contributed by atoms with E-state index >= 15 is 0 Å². The summed E-state index contributed by atoms with van der Waals surface area (Å²) in [6.45, 7) is 7.30. The normalized spacial score (nSPS) is 17.8. The van der Waals surface area contributed by atoms with E-state index < -0.39 is 17.9 Å². The van der Waals surface area contributed by atoms with Gasteiger partial charge in [-0.1, -0.05) is 6.58 Å². The molecule has 2 rings (SSSR count). The smallest absolute Gasteiger partial charge is 0.270 e. The molecule has 4 N–H and O–H groups in total. The Hall–Kier alpha value is -2.77. The molecule has 1 amide bonds. The maximum Gasteiger partial charge on any atom is 0.270 e. The van der Waals surface area contributed by atoms with Crippen LogP contribution in [0.1, 0.15) is 42.7 Å². The van der Waals surface area contributed by atoms with Crippen molar-refractivity contribution in [2.75, 3.05) is 7.05 Å². The lowest BCUT2D eigenvalue weighted by Crippen LogP contribution is -2.50. The van der Waals surface area contributed by atoms with E-state index in [0.29, 0.717) is 17.1 Å². The fourth-order valence-electron chi connectivity index (χ4n) is 2.75. The molecule has 1 aliphatic carbocycles. The quantitative estimate of drug-likeness (QED) is 0.677. The number of nitrogens with two attached hydrogens (primary N) is 1. The van der Waals surface area contributed by atoms with Gasteiger partial charge in [-0.3, -0.25) is 14.8 Å². The molecule has 6 nitrogen and oxygen atoms in total. The van der Waals surface area contributed by atoms with Crippen molar-refractivity contribution in [2.45, 2.75) is 38.7 Å². The lowest BCUT2D eigenvalue weighted by molar-refractivity contribution is -0.0901. The second kappa shape index (κ2) is 7.63. The van der Waals surface area contributed by atoms with Gasteiger partial charge in [-0.15, -0.1) is 0 Å². The van der Waals surface area contributed by atoms with Crippen LogP contribution >= 0.6 is 0 Å². The molecular formula is C18H23F2N5O. The minimum Gasteiger partial charge on any atom is -0.386 e. The fraction of sp³-hybridized carbons (Fsp3) is 0.389. The summed E-state index contributed by atoms with van der Waals surface area (Å²) >= 11 is 0. The number of pyridine rings is 1. The number of rotatable bonds is 6. The average Bonchev–Trinajstić information content (AvgIpc) is 2.53. The van der Waals surface area contributed by atoms with Crippen LogP contribution in [-0.2, 0) is 0 Å². The Morgan fingerprint density at radius 3 is 2.62 bits per heavy atom. The third kappa shape index (κ3) is 4.65. The number of alkyl halides is 2. The molecule has 1 heterocycles. The van der Waals surface area contributed by atoms with Gasteiger partial charge in [0, 0.05) is 43.4 Å². The van der Waals surface area contributed by atoms with Crippen LogP contribution < -0.4 is 16.4 Å². The Morgan fingerprint density at radius 2 is 2.08 bits per heavy atom. The third-order valence-electron chi connectivity index (χ3n) is 4.18. The molecule has 1 aromatic heterocycles. The number of allylic oxidation sites excluding steroid dienone is 2. The minimum absolute atomic E-state index is 0.153. The van der Waals surface area contributed by atoms with Crippen LogP contribution in [0.25, 0.3) is 0 Å². The van der Waals surface area contributed by atoms with E-state index in [1.165, 1.54) is 6.20 Å². The standard InChI is InChI=1S/C18H23F2N5O/c1-10(11(2)24-12(3)21)16(22-4)13-5-6-23-15(7-13)17(26)25-14-8-18(19,20)9-14/h5-7,14,24H,3,8-9,21H2,1-2,4H3,(H,25,26)/b11-10+,22-16?. The fourth-order valence-corrected chi connectivity index (χ4v) is 2.75. The minimum atomic E-state index is -2.69. The first-order chi connectivity index (χ1) is 12.1. The van der Waals surface area contributed by atoms with Crippen LogP contribution in [0.15, 0.2) is 47.0 Å². The molecule has 1 saturated carbocycles. The molecule has 26 heavy (non-hydrogen) atoms. The molecule has 0 aliphatic heterocycles. The van der Waals surface area contributed by atoms with Gasteiger partial charge in [-0.2, -0.15) is 0 Å². The van der Waals surface area contributed by atoms with Gasteiger partial charge in [0.1, 0.15) is 5.69 Å². The Morgan fingerprint density at radius 1 is 1.42 bits per heavy atom. The topological polar surface area (TPSA) is 92.4 Å². The molecule has 0 saturated heterocycles. The Balaban J connectivity index is 2.19. The van der Waals surface area contributed by atoms with Gasteiger partial charge in [-0.25, -0.2) is 8.78 Å². The maximum atomic E-state index is 12.9. The van der Waals surface area contributed by atoms with Crippen LogP contribution in [0, 0.1) is 0 Å². The van der Waals surface area contributed by atoms with E-state index in [-0.39, 0.29) is 18.5 Å². The summed E-state index contributed by atoms with van der Waals surface area (Å²) in [6, 6.07) is 2.79. The maximum absolute atomic E-state index is 12.9. The number of carbonyl (C=O) groups excluding carboxylic acids is 1. The number of aliphatic imine (C=N–C) groups is 1. The number of hydrogen-bond donors (Lipinski definition) is 3. The van der Waals surface area contributed by atoms with Gasteiger partial charge in [0.15, 0.2) is 0 Å². The Labute approximate surface area is 151 Å². The van der Waals surface area contributed by atoms with Crippen LogP contribution in [0.4, 0.5) is 8.78 Å². The Kier molecular flexibility index (Phi) is 5.74. The number of carbonyl (C=O) groups is 1. The molecule has 140 valence electrons. The van der Waals surface area contributed by atoms with E-state index in [1.54, 1.807) is 19.2 Å². The number of nitrogens with one attached hydrogen (secondary N) is 2. The molecular weight excluding hydrogens is 340 g/mol. The molecule has 0 spiro atoms. The largest absolute Gasteiger partial charge is 0.386 e. The molecule has 0 bridgehead atoms. The highest BCUT2D eigenvalue weighted by molar-refractivity contribution is 6.13. The third-order valence-corrected chi connectivity index (χ3v) is 4.18. The molecule has 1 aliphatic rings. The highest BCUT2D eigenvalue weighted by Gasteiger charge is 2.46. The highest BCUT2D eigenvalue weighted by atomic mass is 19.3. The zero-order chi connectivity index (χ0) is 19.5. The van der Waals surface area contributed by atoms with Crippen molar-refractivity contribution >= 4 is 11.6 Å². The zero-order valence-corrected chi connectivity index (χ0v) is 15.1. The van der Waals surface area contributed by atoms with Crippen molar-refractivity contribution < 1.29 is 13.6 Å². The molecule has 0 radical (unpaired) electrons. The molecule has 0 unspecified atom stereocenters. The Bertz CT molecular complexity index is 778. The highest BCUT2D eigenvalue weighted by Crippen LogP contribution is 2.37. The van der Waals surface area contributed by atoms with E-state index in [9.17, 15) is 13.6 Å². The van der Waals surface area contributed by atoms with Gasteiger partial charge >= 0.3 is 0 Å². The van der Waals surface area contributed by atoms with Crippen molar-refractivity contribution in [1.29, 1.82) is 0 Å². The number of amides is 1. The average molecular weight is 363 g/mol. The summed E-state index contributed by atoms with van der Waals surface area (Å²) in [5.41, 5.74) is 8.66. The molecule has 0 aromatic carbocycles. The van der Waals surface area contributed by atoms with Gasteiger partial charge in [-0.05, 0) is 31.6 Å². The van der Waals surface area contributed by atoms with Crippen molar-refractivity contribution in [3.63, 3.8) is 0 Å². The van der Waals surface area contributed by atoms with E-state index in [1.807, 2.05) is 13.8 Å². The van der Waals surface area contributed by atoms with Crippen molar-refractivity contribution in [1.82, 2.24) is 15.6 Å². The first-order valence-electron chi connectivity index (χ1n) is 8.14. The van der Waals surface area contributed by atoms with Crippen LogP contribution in [-0.4, -0.2) is 35.6 Å². The summed E-state index contributed by atoms with van der Waals surface area (Å²) in [7, 11) is 1.64. The van der Waals surface area contributed by atoms with Crippen molar-refractivity contribution in [3.05, 3.63) is 53.3 Å². The number of hydrogen-bond acceptors (Lipinski definition) is 5. The molecule has 1 aromatic rings. The van der Waals surface area contributed by atoms with Gasteiger partial charge < -0.3 is 16.4 Å². The molecule has 8 heteroatoms. The number of nitrogens with zero attached hydrogens (tertiary/aromatic N) is 2. The monoisotopic (exact) mass is 363 g/mol. The first kappa shape index (κ1) is 19.6. The summed E-state index contributed by atoms with van der Waals surface area (Å²) < 4.78 is 25.8. The molecule has 1 fully saturated rings. The van der Waals surface area contributed by atoms with Gasteiger partial charge in [0.05, 0.1) is 11.5 Å². The first-order valence-corrected chi connectivity index (χ1v) is 8.14. The summed E-state index contributed by atoms with van der Waals surface area (Å²) in [5.74, 6) is -2.85. The van der Waals surface area contributed by atoms with Gasteiger partial charge in [0.25, 0.3) is 11.8 Å². The van der Waals surface area contributed by atoms with Gasteiger partial charge in [0.2, 0.25) is 0 Å². The van der Waals surface area contributed by atoms with Crippen LogP contribution in [0.3, 0.4) is 0 Å². The lowest BCUT2D eigenvalue weighted by Gasteiger charge is -2.35. The SMILES string of the molecule is C=C(N)N/C(C)=C(\C)C(=NC)c1ccnc(C(=O)NC2CC(F)(F)C2)c1. The predicted octanol–water partition coefficient (Wildman–Crippen LogP) is 2.34. The number of halogens is 2. The molecule has 0 atom stereocenters. The number of aromatic nitrogens is 1. The van der Waals surface area contributed by atoms with Crippen molar-refractivity contribution in [2.24, 2.45) is 10.7 Å². The van der Waals surface area contributed by atoms with Crippen molar-refractivity contribution in [3.8, 4) is 0 Å². The van der Waals surface area contributed by atoms with E-state index in [0.717, 1.165) is 11.3 Å². The summed E-state index contributed by atoms with van der Waals surface area (Å²) in [5, 5.41) is 5.51. The van der Waals surface area contributed by atoms with E-state index in [4.69, 9.17) is 5.73 Å². The second-order valence-electron chi connectivity index (χ2n) is 6.34. The summed E-state index contributed by atoms with van der Waals surface area (Å²) in [6.07, 6.45) is 0.814. The van der Waals surface area contributed by atoms with Crippen LogP contribution in [0.5, 0.6) is 0 Å². The zero-order valence-electron chi connectivity index (χ0n) is 15.1. The van der Waals surface area contributed by atoms with E-state index in [2.05, 4.69) is 27.2 Å². The van der Waals surface area contributed by atoms with Crippen LogP contribution in [0.2, 0.25) is 0 Å². The second-order valence-corrected chi connectivity index (χ2v) is 6.34. The lowest BCUT2D eigenvalue weighted by atomic mass is 9.88. The summed E-state index contributed by atoms with van der Waals surface area (Å²) in [4.78, 5) is 20.6.